The molecule has 6 heteroatoms. The molecule has 0 saturated heterocycles. The minimum Gasteiger partial charge on any atom is -0.388 e. The number of rotatable bonds is 7. The molecule has 25 heavy (non-hydrogen) atoms. The molecule has 138 valence electrons. The van der Waals surface area contributed by atoms with E-state index in [4.69, 9.17) is 0 Å². The number of fused-ring (bicyclic) bond motifs is 1. The van der Waals surface area contributed by atoms with Crippen LogP contribution in [0.1, 0.15) is 69.6 Å². The fraction of sp³-hybridized carbons (Fsp3) is 0.632. The minimum atomic E-state index is -0.938. The number of carbonyl (C=O) groups excluding carboxylic acids is 1. The highest BCUT2D eigenvalue weighted by atomic mass is 16.3. The molecule has 0 aliphatic carbocycles. The van der Waals surface area contributed by atoms with Gasteiger partial charge < -0.3 is 10.4 Å². The van der Waals surface area contributed by atoms with Crippen LogP contribution >= 0.6 is 0 Å². The van der Waals surface area contributed by atoms with Gasteiger partial charge in [-0.3, -0.25) is 4.79 Å². The lowest BCUT2D eigenvalue weighted by Crippen LogP contribution is -2.45. The number of pyridine rings is 1. The molecular formula is C19H30N4O2. The van der Waals surface area contributed by atoms with Crippen molar-refractivity contribution in [2.24, 2.45) is 5.92 Å². The Morgan fingerprint density at radius 3 is 2.64 bits per heavy atom. The molecule has 6 nitrogen and oxygen atoms in total. The van der Waals surface area contributed by atoms with Gasteiger partial charge in [-0.05, 0) is 39.2 Å². The number of nitrogens with zero attached hydrogens (tertiary/aromatic N) is 3. The molecule has 2 heterocycles. The third-order valence-electron chi connectivity index (χ3n) is 5.23. The van der Waals surface area contributed by atoms with Crippen LogP contribution in [0.5, 0.6) is 0 Å². The van der Waals surface area contributed by atoms with Gasteiger partial charge in [-0.25, -0.2) is 9.67 Å². The molecule has 3 unspecified atom stereocenters. The smallest absolute Gasteiger partial charge is 0.252 e. The summed E-state index contributed by atoms with van der Waals surface area (Å²) >= 11 is 0. The third-order valence-corrected chi connectivity index (χ3v) is 5.23. The summed E-state index contributed by atoms with van der Waals surface area (Å²) < 4.78 is 1.87. The largest absolute Gasteiger partial charge is 0.388 e. The van der Waals surface area contributed by atoms with Crippen LogP contribution in [0, 0.1) is 12.8 Å². The zero-order chi connectivity index (χ0) is 18.8. The number of aromatic nitrogens is 3. The first kappa shape index (κ1) is 19.4. The summed E-state index contributed by atoms with van der Waals surface area (Å²) in [6.07, 6.45) is 3.49. The van der Waals surface area contributed by atoms with Gasteiger partial charge in [0.25, 0.3) is 5.91 Å². The zero-order valence-electron chi connectivity index (χ0n) is 16.1. The van der Waals surface area contributed by atoms with Crippen LogP contribution in [0.4, 0.5) is 0 Å². The fourth-order valence-corrected chi connectivity index (χ4v) is 2.79. The van der Waals surface area contributed by atoms with Gasteiger partial charge in [0.2, 0.25) is 0 Å². The molecule has 3 atom stereocenters. The second kappa shape index (κ2) is 7.52. The lowest BCUT2D eigenvalue weighted by atomic mass is 9.88. The first-order valence-corrected chi connectivity index (χ1v) is 9.06. The second-order valence-electron chi connectivity index (χ2n) is 7.24. The lowest BCUT2D eigenvalue weighted by Gasteiger charge is -2.29. The Hall–Kier alpha value is -1.95. The molecule has 0 aliphatic rings. The Kier molecular flexibility index (Phi) is 5.83. The van der Waals surface area contributed by atoms with Crippen LogP contribution in [0.25, 0.3) is 11.0 Å². The standard InChI is InChI=1S/C19H30N4O2/c1-7-12(3)19(6,25)11-20-18(24)15-9-13(4)22-17-16(15)10-21-23(17)14(5)8-2/h9-10,12,14,25H,7-8,11H2,1-6H3,(H,20,24). The maximum absolute atomic E-state index is 12.7. The maximum atomic E-state index is 12.7. The van der Waals surface area contributed by atoms with Gasteiger partial charge >= 0.3 is 0 Å². The summed E-state index contributed by atoms with van der Waals surface area (Å²) in [5, 5.41) is 18.6. The Morgan fingerprint density at radius 2 is 2.04 bits per heavy atom. The van der Waals surface area contributed by atoms with Gasteiger partial charge in [-0.15, -0.1) is 0 Å². The quantitative estimate of drug-likeness (QED) is 0.806. The van der Waals surface area contributed by atoms with Gasteiger partial charge in [0, 0.05) is 12.2 Å². The van der Waals surface area contributed by atoms with E-state index in [0.29, 0.717) is 5.56 Å². The van der Waals surface area contributed by atoms with E-state index in [1.54, 1.807) is 19.2 Å². The number of aryl methyl sites for hydroxylation is 1. The van der Waals surface area contributed by atoms with E-state index in [2.05, 4.69) is 29.2 Å². The van der Waals surface area contributed by atoms with Crippen molar-refractivity contribution in [3.8, 4) is 0 Å². The van der Waals surface area contributed by atoms with E-state index in [0.717, 1.165) is 29.6 Å². The van der Waals surface area contributed by atoms with Crippen molar-refractivity contribution < 1.29 is 9.90 Å². The van der Waals surface area contributed by atoms with Crippen molar-refractivity contribution in [2.45, 2.75) is 66.0 Å². The van der Waals surface area contributed by atoms with Crippen molar-refractivity contribution in [1.29, 1.82) is 0 Å². The SMILES string of the molecule is CCC(C)n1ncc2c(C(=O)NCC(C)(O)C(C)CC)cc(C)nc21. The van der Waals surface area contributed by atoms with Gasteiger partial charge in [-0.2, -0.15) is 5.10 Å². The van der Waals surface area contributed by atoms with E-state index in [9.17, 15) is 9.90 Å². The first-order valence-electron chi connectivity index (χ1n) is 9.06. The van der Waals surface area contributed by atoms with Gasteiger partial charge in [0.15, 0.2) is 5.65 Å². The Labute approximate surface area is 149 Å². The number of nitrogens with one attached hydrogen (secondary N) is 1. The van der Waals surface area contributed by atoms with Crippen LogP contribution in [0.2, 0.25) is 0 Å². The topological polar surface area (TPSA) is 80.0 Å². The molecule has 0 spiro atoms. The van der Waals surface area contributed by atoms with E-state index in [1.807, 2.05) is 25.5 Å². The molecule has 2 aromatic rings. The number of amides is 1. The van der Waals surface area contributed by atoms with E-state index in [-0.39, 0.29) is 24.4 Å². The number of aliphatic hydroxyl groups is 1. The second-order valence-corrected chi connectivity index (χ2v) is 7.24. The van der Waals surface area contributed by atoms with Crippen LogP contribution in [-0.4, -0.2) is 37.9 Å². The predicted molar refractivity (Wildman–Crippen MR) is 99.7 cm³/mol. The highest BCUT2D eigenvalue weighted by molar-refractivity contribution is 6.05. The highest BCUT2D eigenvalue weighted by Crippen LogP contribution is 2.23. The van der Waals surface area contributed by atoms with Gasteiger partial charge in [0.05, 0.1) is 28.8 Å². The Bertz CT molecular complexity index is 751. The van der Waals surface area contributed by atoms with Crippen molar-refractivity contribution in [1.82, 2.24) is 20.1 Å². The monoisotopic (exact) mass is 346 g/mol. The fourth-order valence-electron chi connectivity index (χ4n) is 2.79. The molecule has 2 N–H and O–H groups in total. The van der Waals surface area contributed by atoms with Gasteiger partial charge in [-0.1, -0.05) is 27.2 Å². The Balaban J connectivity index is 2.31. The van der Waals surface area contributed by atoms with Crippen molar-refractivity contribution in [3.63, 3.8) is 0 Å². The summed E-state index contributed by atoms with van der Waals surface area (Å²) in [6, 6.07) is 1.99. The number of hydrogen-bond acceptors (Lipinski definition) is 4. The highest BCUT2D eigenvalue weighted by Gasteiger charge is 2.28. The summed E-state index contributed by atoms with van der Waals surface area (Å²) in [5.41, 5.74) is 1.12. The molecule has 1 amide bonds. The van der Waals surface area contributed by atoms with E-state index in [1.165, 1.54) is 0 Å². The summed E-state index contributed by atoms with van der Waals surface area (Å²) in [5.74, 6) is -0.108. The minimum absolute atomic E-state index is 0.0974. The molecule has 0 aliphatic heterocycles. The molecule has 0 radical (unpaired) electrons. The average Bonchev–Trinajstić information content (AvgIpc) is 3.01. The molecule has 0 bridgehead atoms. The number of hydrogen-bond donors (Lipinski definition) is 2. The molecule has 0 saturated carbocycles. The maximum Gasteiger partial charge on any atom is 0.252 e. The predicted octanol–water partition coefficient (Wildman–Crippen LogP) is 3.24. The average molecular weight is 346 g/mol. The van der Waals surface area contributed by atoms with Crippen LogP contribution < -0.4 is 5.32 Å². The van der Waals surface area contributed by atoms with Gasteiger partial charge in [0.1, 0.15) is 0 Å². The van der Waals surface area contributed by atoms with Crippen LogP contribution in [-0.2, 0) is 0 Å². The molecule has 2 rings (SSSR count). The summed E-state index contributed by atoms with van der Waals surface area (Å²) in [4.78, 5) is 17.3. The molecule has 0 aromatic carbocycles. The van der Waals surface area contributed by atoms with E-state index < -0.39 is 5.60 Å². The molecule has 0 fully saturated rings. The van der Waals surface area contributed by atoms with Crippen molar-refractivity contribution in [2.75, 3.05) is 6.54 Å². The van der Waals surface area contributed by atoms with Crippen LogP contribution in [0.3, 0.4) is 0 Å². The van der Waals surface area contributed by atoms with E-state index >= 15 is 0 Å². The number of carbonyl (C=O) groups is 1. The van der Waals surface area contributed by atoms with Crippen molar-refractivity contribution in [3.05, 3.63) is 23.5 Å². The lowest BCUT2D eigenvalue weighted by molar-refractivity contribution is 0.00594. The molecule has 2 aromatic heterocycles. The van der Waals surface area contributed by atoms with Crippen LogP contribution in [0.15, 0.2) is 12.3 Å². The molecular weight excluding hydrogens is 316 g/mol. The zero-order valence-corrected chi connectivity index (χ0v) is 16.1. The Morgan fingerprint density at radius 1 is 1.36 bits per heavy atom. The summed E-state index contributed by atoms with van der Waals surface area (Å²) in [7, 11) is 0. The van der Waals surface area contributed by atoms with Crippen molar-refractivity contribution >= 4 is 16.9 Å². The third kappa shape index (κ3) is 4.00. The normalized spacial score (nSPS) is 16.4. The first-order chi connectivity index (χ1) is 11.7. The summed E-state index contributed by atoms with van der Waals surface area (Å²) in [6.45, 7) is 12.0.